The Hall–Kier alpha value is -3.52. The molecule has 5 rings (SSSR count). The van der Waals surface area contributed by atoms with E-state index in [-0.39, 0.29) is 29.2 Å². The number of benzene rings is 2. The second-order valence-corrected chi connectivity index (χ2v) is 10.0. The van der Waals surface area contributed by atoms with Crippen molar-refractivity contribution in [3.63, 3.8) is 0 Å². The van der Waals surface area contributed by atoms with E-state index in [1.54, 1.807) is 16.7 Å². The van der Waals surface area contributed by atoms with Gasteiger partial charge in [-0.2, -0.15) is 0 Å². The molecule has 0 spiro atoms. The molecule has 180 valence electrons. The minimum absolute atomic E-state index is 0.0487. The second kappa shape index (κ2) is 9.62. The Bertz CT molecular complexity index is 1410. The van der Waals surface area contributed by atoms with Gasteiger partial charge in [0.05, 0.1) is 23.2 Å². The summed E-state index contributed by atoms with van der Waals surface area (Å²) in [5, 5.41) is 4.95. The van der Waals surface area contributed by atoms with Crippen molar-refractivity contribution in [1.29, 1.82) is 0 Å². The molecule has 0 bridgehead atoms. The predicted molar refractivity (Wildman–Crippen MR) is 138 cm³/mol. The van der Waals surface area contributed by atoms with Gasteiger partial charge in [-0.3, -0.25) is 9.59 Å². The van der Waals surface area contributed by atoms with Crippen molar-refractivity contribution in [2.75, 3.05) is 18.0 Å². The predicted octanol–water partition coefficient (Wildman–Crippen LogP) is 4.99. The van der Waals surface area contributed by atoms with Crippen molar-refractivity contribution in [3.8, 4) is 5.69 Å². The van der Waals surface area contributed by atoms with Gasteiger partial charge < -0.3 is 10.2 Å². The van der Waals surface area contributed by atoms with Crippen LogP contribution in [0.25, 0.3) is 15.9 Å². The minimum Gasteiger partial charge on any atom is -0.349 e. The highest BCUT2D eigenvalue weighted by Crippen LogP contribution is 2.27. The third kappa shape index (κ3) is 4.71. The van der Waals surface area contributed by atoms with Gasteiger partial charge in [0, 0.05) is 13.1 Å². The van der Waals surface area contributed by atoms with E-state index in [1.165, 1.54) is 23.5 Å². The number of amides is 1. The summed E-state index contributed by atoms with van der Waals surface area (Å²) in [4.78, 5) is 33.5. The topological polar surface area (TPSA) is 67.2 Å². The Balaban J connectivity index is 1.43. The number of nitrogens with one attached hydrogen (secondary N) is 1. The number of thiophene rings is 1. The third-order valence-electron chi connectivity index (χ3n) is 6.56. The standard InChI is InChI=1S/C27H27FN4O2S/c1-17-5-11-22(12-6-17)32-26(34)24-23(13-15-35-24)30-27(32)31-14-3-4-20(16-31)25(33)29-18(2)19-7-9-21(28)10-8-19/h5-13,15,18,20H,3-4,14,16H2,1-2H3,(H,29,33)/t18-,20+/m1/s1. The Morgan fingerprint density at radius 3 is 2.63 bits per heavy atom. The van der Waals surface area contributed by atoms with E-state index >= 15 is 0 Å². The average molecular weight is 491 g/mol. The van der Waals surface area contributed by atoms with Gasteiger partial charge in [-0.25, -0.2) is 13.9 Å². The van der Waals surface area contributed by atoms with E-state index in [2.05, 4.69) is 10.2 Å². The highest BCUT2D eigenvalue weighted by molar-refractivity contribution is 7.17. The van der Waals surface area contributed by atoms with E-state index in [9.17, 15) is 14.0 Å². The molecule has 4 aromatic rings. The summed E-state index contributed by atoms with van der Waals surface area (Å²) in [6.45, 7) is 5.09. The molecule has 1 amide bonds. The van der Waals surface area contributed by atoms with Crippen molar-refractivity contribution >= 4 is 33.4 Å². The van der Waals surface area contributed by atoms with Gasteiger partial charge in [0.15, 0.2) is 0 Å². The van der Waals surface area contributed by atoms with E-state index in [4.69, 9.17) is 4.98 Å². The highest BCUT2D eigenvalue weighted by atomic mass is 32.1. The van der Waals surface area contributed by atoms with Crippen molar-refractivity contribution in [1.82, 2.24) is 14.9 Å². The maximum Gasteiger partial charge on any atom is 0.277 e. The summed E-state index contributed by atoms with van der Waals surface area (Å²) in [6, 6.07) is 15.6. The summed E-state index contributed by atoms with van der Waals surface area (Å²) in [7, 11) is 0. The molecule has 1 saturated heterocycles. The number of hydrogen-bond acceptors (Lipinski definition) is 5. The van der Waals surface area contributed by atoms with E-state index < -0.39 is 0 Å². The minimum atomic E-state index is -0.301. The third-order valence-corrected chi connectivity index (χ3v) is 7.45. The smallest absolute Gasteiger partial charge is 0.277 e. The zero-order valence-corrected chi connectivity index (χ0v) is 20.5. The van der Waals surface area contributed by atoms with Gasteiger partial charge in [0.25, 0.3) is 5.56 Å². The van der Waals surface area contributed by atoms with Crippen LogP contribution >= 0.6 is 11.3 Å². The lowest BCUT2D eigenvalue weighted by Crippen LogP contribution is -2.45. The Kier molecular flexibility index (Phi) is 6.38. The zero-order valence-electron chi connectivity index (χ0n) is 19.7. The number of aryl methyl sites for hydroxylation is 1. The number of carbonyl (C=O) groups is 1. The second-order valence-electron chi connectivity index (χ2n) is 9.09. The van der Waals surface area contributed by atoms with Gasteiger partial charge in [-0.05, 0) is 68.0 Å². The Morgan fingerprint density at radius 2 is 1.89 bits per heavy atom. The summed E-state index contributed by atoms with van der Waals surface area (Å²) in [5.74, 6) is -0.0284. The molecule has 1 fully saturated rings. The first-order valence-corrected chi connectivity index (χ1v) is 12.7. The van der Waals surface area contributed by atoms with Crippen LogP contribution in [0.4, 0.5) is 10.3 Å². The van der Waals surface area contributed by atoms with Crippen molar-refractivity contribution in [2.45, 2.75) is 32.7 Å². The molecule has 8 heteroatoms. The molecule has 1 aliphatic rings. The van der Waals surface area contributed by atoms with Gasteiger partial charge in [-0.1, -0.05) is 29.8 Å². The number of nitrogens with zero attached hydrogens (tertiary/aromatic N) is 3. The first-order valence-electron chi connectivity index (χ1n) is 11.8. The van der Waals surface area contributed by atoms with Crippen LogP contribution in [0, 0.1) is 18.7 Å². The quantitative estimate of drug-likeness (QED) is 0.428. The number of anilines is 1. The molecule has 2 aromatic heterocycles. The van der Waals surface area contributed by atoms with Gasteiger partial charge >= 0.3 is 0 Å². The highest BCUT2D eigenvalue weighted by Gasteiger charge is 2.30. The number of piperidine rings is 1. The fraction of sp³-hybridized carbons (Fsp3) is 0.296. The van der Waals surface area contributed by atoms with Crippen LogP contribution in [0.1, 0.15) is 36.9 Å². The van der Waals surface area contributed by atoms with Crippen LogP contribution in [-0.4, -0.2) is 28.5 Å². The molecule has 1 N–H and O–H groups in total. The monoisotopic (exact) mass is 490 g/mol. The number of halogens is 1. The first-order chi connectivity index (χ1) is 16.9. The largest absolute Gasteiger partial charge is 0.349 e. The molecule has 0 radical (unpaired) electrons. The fourth-order valence-electron chi connectivity index (χ4n) is 4.58. The molecule has 1 aliphatic heterocycles. The molecule has 3 heterocycles. The van der Waals surface area contributed by atoms with Crippen LogP contribution < -0.4 is 15.8 Å². The van der Waals surface area contributed by atoms with Crippen LogP contribution in [0.15, 0.2) is 64.8 Å². The molecule has 35 heavy (non-hydrogen) atoms. The number of fused-ring (bicyclic) bond motifs is 1. The SMILES string of the molecule is Cc1ccc(-n2c(N3CCC[C@H](C(=O)N[C@H](C)c4ccc(F)cc4)C3)nc3ccsc3c2=O)cc1. The lowest BCUT2D eigenvalue weighted by atomic mass is 9.96. The molecular formula is C27H27FN4O2S. The fourth-order valence-corrected chi connectivity index (χ4v) is 5.34. The van der Waals surface area contributed by atoms with Crippen LogP contribution in [0.3, 0.4) is 0 Å². The normalized spacial score (nSPS) is 16.9. The molecular weight excluding hydrogens is 463 g/mol. The first kappa shape index (κ1) is 23.2. The summed E-state index contributed by atoms with van der Waals surface area (Å²) in [6.07, 6.45) is 1.57. The van der Waals surface area contributed by atoms with Gasteiger partial charge in [0.2, 0.25) is 11.9 Å². The molecule has 0 aliphatic carbocycles. The van der Waals surface area contributed by atoms with Crippen molar-refractivity contribution in [3.05, 3.63) is 87.3 Å². The molecule has 0 unspecified atom stereocenters. The number of rotatable bonds is 5. The van der Waals surface area contributed by atoms with Crippen LogP contribution in [0.2, 0.25) is 0 Å². The number of aromatic nitrogens is 2. The van der Waals surface area contributed by atoms with Gasteiger partial charge in [-0.15, -0.1) is 11.3 Å². The van der Waals surface area contributed by atoms with Gasteiger partial charge in [0.1, 0.15) is 10.5 Å². The molecule has 0 saturated carbocycles. The zero-order chi connectivity index (χ0) is 24.5. The van der Waals surface area contributed by atoms with Crippen LogP contribution in [0.5, 0.6) is 0 Å². The maximum atomic E-state index is 13.5. The van der Waals surface area contributed by atoms with E-state index in [1.807, 2.05) is 49.6 Å². The maximum absolute atomic E-state index is 13.5. The molecule has 2 atom stereocenters. The number of hydrogen-bond donors (Lipinski definition) is 1. The lowest BCUT2D eigenvalue weighted by molar-refractivity contribution is -0.125. The molecule has 2 aromatic carbocycles. The molecule has 6 nitrogen and oxygen atoms in total. The van der Waals surface area contributed by atoms with Crippen molar-refractivity contribution in [2.24, 2.45) is 5.92 Å². The lowest BCUT2D eigenvalue weighted by Gasteiger charge is -2.34. The summed E-state index contributed by atoms with van der Waals surface area (Å²) >= 11 is 1.39. The van der Waals surface area contributed by atoms with E-state index in [0.717, 1.165) is 29.7 Å². The van der Waals surface area contributed by atoms with Crippen LogP contribution in [-0.2, 0) is 4.79 Å². The summed E-state index contributed by atoms with van der Waals surface area (Å²) < 4.78 is 15.6. The average Bonchev–Trinajstić information content (AvgIpc) is 3.34. The summed E-state index contributed by atoms with van der Waals surface area (Å²) in [5.41, 5.74) is 3.30. The van der Waals surface area contributed by atoms with E-state index in [0.29, 0.717) is 29.3 Å². The Morgan fingerprint density at radius 1 is 1.14 bits per heavy atom. The number of carbonyl (C=O) groups excluding carboxylic acids is 1. The Labute approximate surface area is 207 Å². The van der Waals surface area contributed by atoms with Crippen molar-refractivity contribution < 1.29 is 9.18 Å².